The van der Waals surface area contributed by atoms with Gasteiger partial charge >= 0.3 is 0 Å². The molecule has 18 heavy (non-hydrogen) atoms. The summed E-state index contributed by atoms with van der Waals surface area (Å²) < 4.78 is 0. The summed E-state index contributed by atoms with van der Waals surface area (Å²) in [4.78, 5) is 14.9. The van der Waals surface area contributed by atoms with Crippen LogP contribution in [0.2, 0.25) is 0 Å². The van der Waals surface area contributed by atoms with E-state index < -0.39 is 0 Å². The first kappa shape index (κ1) is 13.6. The van der Waals surface area contributed by atoms with Gasteiger partial charge in [0.2, 0.25) is 5.91 Å². The van der Waals surface area contributed by atoms with Crippen LogP contribution >= 0.6 is 0 Å². The monoisotopic (exact) mass is 250 g/mol. The van der Waals surface area contributed by atoms with E-state index in [1.807, 2.05) is 6.08 Å². The smallest absolute Gasteiger partial charge is 0.243 e. The van der Waals surface area contributed by atoms with Gasteiger partial charge in [-0.25, -0.2) is 0 Å². The van der Waals surface area contributed by atoms with Crippen molar-refractivity contribution in [3.63, 3.8) is 0 Å². The summed E-state index contributed by atoms with van der Waals surface area (Å²) in [5.74, 6) is 0.286. The average Bonchev–Trinajstić information content (AvgIpc) is 2.90. The number of amides is 1. The van der Waals surface area contributed by atoms with E-state index in [2.05, 4.69) is 23.7 Å². The maximum atomic E-state index is 12.8. The van der Waals surface area contributed by atoms with Gasteiger partial charge in [-0.3, -0.25) is 4.79 Å². The van der Waals surface area contributed by atoms with Crippen molar-refractivity contribution in [2.24, 2.45) is 0 Å². The number of hydrogen-bond acceptors (Lipinski definition) is 2. The third-order valence-electron chi connectivity index (χ3n) is 4.44. The molecule has 1 heterocycles. The van der Waals surface area contributed by atoms with E-state index in [4.69, 9.17) is 0 Å². The maximum Gasteiger partial charge on any atom is 0.243 e. The van der Waals surface area contributed by atoms with Crippen molar-refractivity contribution < 1.29 is 4.79 Å². The Morgan fingerprint density at radius 1 is 1.39 bits per heavy atom. The molecule has 1 amide bonds. The minimum atomic E-state index is -0.343. The van der Waals surface area contributed by atoms with Crippen LogP contribution in [0.4, 0.5) is 0 Å². The normalized spacial score (nSPS) is 29.2. The molecule has 0 radical (unpaired) electrons. The zero-order chi connectivity index (χ0) is 13.0. The molecule has 0 aromatic heterocycles. The van der Waals surface area contributed by atoms with Gasteiger partial charge in [-0.15, -0.1) is 6.58 Å². The number of carbonyl (C=O) groups excluding carboxylic acids is 1. The van der Waals surface area contributed by atoms with Crippen molar-refractivity contribution in [3.05, 3.63) is 12.7 Å². The largest absolute Gasteiger partial charge is 0.334 e. The first-order valence-corrected chi connectivity index (χ1v) is 7.34. The molecule has 1 aliphatic heterocycles. The van der Waals surface area contributed by atoms with Crippen LogP contribution in [0, 0.1) is 0 Å². The van der Waals surface area contributed by atoms with Crippen LogP contribution in [0.15, 0.2) is 12.7 Å². The molecule has 0 bridgehead atoms. The highest BCUT2D eigenvalue weighted by atomic mass is 16.2. The van der Waals surface area contributed by atoms with E-state index >= 15 is 0 Å². The van der Waals surface area contributed by atoms with Gasteiger partial charge in [0.05, 0.1) is 5.54 Å². The molecule has 0 spiro atoms. The summed E-state index contributed by atoms with van der Waals surface area (Å²) >= 11 is 0. The lowest BCUT2D eigenvalue weighted by Gasteiger charge is -2.40. The lowest BCUT2D eigenvalue weighted by atomic mass is 9.89. The molecule has 1 N–H and O–H groups in total. The van der Waals surface area contributed by atoms with E-state index in [0.717, 1.165) is 32.2 Å². The highest BCUT2D eigenvalue weighted by molar-refractivity contribution is 5.86. The number of piperidine rings is 1. The first-order valence-electron chi connectivity index (χ1n) is 7.34. The van der Waals surface area contributed by atoms with Gasteiger partial charge in [0.15, 0.2) is 0 Å². The van der Waals surface area contributed by atoms with Crippen LogP contribution in [-0.2, 0) is 4.79 Å². The number of carbonyl (C=O) groups is 1. The molecule has 1 atom stereocenters. The molecule has 3 nitrogen and oxygen atoms in total. The molecule has 2 rings (SSSR count). The first-order chi connectivity index (χ1) is 8.67. The average molecular weight is 250 g/mol. The fourth-order valence-electron chi connectivity index (χ4n) is 3.31. The third-order valence-corrected chi connectivity index (χ3v) is 4.44. The van der Waals surface area contributed by atoms with Gasteiger partial charge in [0.1, 0.15) is 0 Å². The highest BCUT2D eigenvalue weighted by Crippen LogP contribution is 2.28. The highest BCUT2D eigenvalue weighted by Gasteiger charge is 2.39. The fourth-order valence-corrected chi connectivity index (χ4v) is 3.31. The zero-order valence-corrected chi connectivity index (χ0v) is 11.6. The van der Waals surface area contributed by atoms with Crippen molar-refractivity contribution in [1.29, 1.82) is 0 Å². The summed E-state index contributed by atoms with van der Waals surface area (Å²) in [7, 11) is 0. The van der Waals surface area contributed by atoms with Crippen molar-refractivity contribution >= 4 is 5.91 Å². The Morgan fingerprint density at radius 2 is 2.11 bits per heavy atom. The van der Waals surface area contributed by atoms with Gasteiger partial charge < -0.3 is 10.2 Å². The summed E-state index contributed by atoms with van der Waals surface area (Å²) in [5.41, 5.74) is -0.343. The lowest BCUT2D eigenvalue weighted by Crippen LogP contribution is -2.59. The Hall–Kier alpha value is -0.830. The van der Waals surface area contributed by atoms with Crippen molar-refractivity contribution in [2.45, 2.75) is 63.5 Å². The standard InChI is InChI=1S/C15H26N2O/c1-3-12-17(13-8-4-5-9-13)14(18)15(2)10-6-7-11-16-15/h3,13,16H,1,4-12H2,2H3. The van der Waals surface area contributed by atoms with Gasteiger partial charge in [0, 0.05) is 12.6 Å². The Morgan fingerprint density at radius 3 is 2.67 bits per heavy atom. The van der Waals surface area contributed by atoms with Gasteiger partial charge in [0.25, 0.3) is 0 Å². The molecule has 1 unspecified atom stereocenters. The van der Waals surface area contributed by atoms with Gasteiger partial charge in [-0.05, 0) is 45.6 Å². The zero-order valence-electron chi connectivity index (χ0n) is 11.6. The molecule has 102 valence electrons. The van der Waals surface area contributed by atoms with Crippen LogP contribution < -0.4 is 5.32 Å². The Balaban J connectivity index is 2.08. The number of nitrogens with one attached hydrogen (secondary N) is 1. The molecule has 3 heteroatoms. The maximum absolute atomic E-state index is 12.8. The summed E-state index contributed by atoms with van der Waals surface area (Å²) in [6.07, 6.45) is 10.0. The molecule has 1 saturated heterocycles. The second-order valence-electron chi connectivity index (χ2n) is 5.90. The van der Waals surface area contributed by atoms with E-state index in [0.29, 0.717) is 12.6 Å². The molecule has 2 fully saturated rings. The third kappa shape index (κ3) is 2.77. The minimum Gasteiger partial charge on any atom is -0.334 e. The van der Waals surface area contributed by atoms with E-state index in [-0.39, 0.29) is 11.4 Å². The van der Waals surface area contributed by atoms with Crippen LogP contribution in [-0.4, -0.2) is 35.5 Å². The van der Waals surface area contributed by atoms with E-state index in [1.54, 1.807) is 0 Å². The Bertz CT molecular complexity index is 302. The van der Waals surface area contributed by atoms with Crippen molar-refractivity contribution in [1.82, 2.24) is 10.2 Å². The quantitative estimate of drug-likeness (QED) is 0.777. The predicted molar refractivity (Wildman–Crippen MR) is 74.4 cm³/mol. The Kier molecular flexibility index (Phi) is 4.44. The second-order valence-corrected chi connectivity index (χ2v) is 5.90. The number of nitrogens with zero attached hydrogens (tertiary/aromatic N) is 1. The fraction of sp³-hybridized carbons (Fsp3) is 0.800. The number of hydrogen-bond donors (Lipinski definition) is 1. The second kappa shape index (κ2) is 5.87. The van der Waals surface area contributed by atoms with Crippen LogP contribution in [0.5, 0.6) is 0 Å². The predicted octanol–water partition coefficient (Wildman–Crippen LogP) is 2.48. The molecular weight excluding hydrogens is 224 g/mol. The molecular formula is C15H26N2O. The van der Waals surface area contributed by atoms with E-state index in [1.165, 1.54) is 19.3 Å². The van der Waals surface area contributed by atoms with Crippen LogP contribution in [0.3, 0.4) is 0 Å². The summed E-state index contributed by atoms with van der Waals surface area (Å²) in [6.45, 7) is 7.54. The summed E-state index contributed by atoms with van der Waals surface area (Å²) in [5, 5.41) is 3.43. The SMILES string of the molecule is C=CCN(C(=O)C1(C)CCCCN1)C1CCCC1. The van der Waals surface area contributed by atoms with Gasteiger partial charge in [-0.1, -0.05) is 18.9 Å². The van der Waals surface area contributed by atoms with Crippen LogP contribution in [0.25, 0.3) is 0 Å². The number of rotatable bonds is 4. The molecule has 0 aromatic rings. The summed E-state index contributed by atoms with van der Waals surface area (Å²) in [6, 6.07) is 0.441. The van der Waals surface area contributed by atoms with Crippen LogP contribution in [0.1, 0.15) is 51.9 Å². The lowest BCUT2D eigenvalue weighted by molar-refractivity contribution is -0.140. The molecule has 0 aromatic carbocycles. The molecule has 1 saturated carbocycles. The van der Waals surface area contributed by atoms with Gasteiger partial charge in [-0.2, -0.15) is 0 Å². The molecule has 2 aliphatic rings. The van der Waals surface area contributed by atoms with Crippen molar-refractivity contribution in [3.8, 4) is 0 Å². The minimum absolute atomic E-state index is 0.286. The topological polar surface area (TPSA) is 32.3 Å². The molecule has 1 aliphatic carbocycles. The Labute approximate surface area is 111 Å². The van der Waals surface area contributed by atoms with Crippen molar-refractivity contribution in [2.75, 3.05) is 13.1 Å². The van der Waals surface area contributed by atoms with E-state index in [9.17, 15) is 4.79 Å².